The minimum Gasteiger partial charge on any atom is -0.454 e. The Bertz CT molecular complexity index is 978. The van der Waals surface area contributed by atoms with Gasteiger partial charge in [0.1, 0.15) is 0 Å². The van der Waals surface area contributed by atoms with Crippen molar-refractivity contribution in [3.05, 3.63) is 71.0 Å². The summed E-state index contributed by atoms with van der Waals surface area (Å²) in [5.41, 5.74) is 4.40. The summed E-state index contributed by atoms with van der Waals surface area (Å²) in [5.74, 6) is 1.29. The van der Waals surface area contributed by atoms with Crippen LogP contribution in [0.2, 0.25) is 0 Å². The first kappa shape index (κ1) is 16.2. The van der Waals surface area contributed by atoms with Crippen LogP contribution in [0.5, 0.6) is 11.5 Å². The molecule has 1 aliphatic rings. The molecule has 26 heavy (non-hydrogen) atoms. The average Bonchev–Trinajstić information content (AvgIpc) is 3.25. The normalized spacial score (nSPS) is 12.2. The molecular weight excluding hydrogens is 330 g/mol. The Hall–Kier alpha value is -3.28. The molecule has 3 aromatic rings. The number of aromatic nitrogens is 2. The molecule has 1 amide bonds. The third-order valence-electron chi connectivity index (χ3n) is 4.39. The van der Waals surface area contributed by atoms with Gasteiger partial charge in [-0.3, -0.25) is 4.79 Å². The second-order valence-corrected chi connectivity index (χ2v) is 6.26. The lowest BCUT2D eigenvalue weighted by atomic mass is 10.2. The Morgan fingerprint density at radius 2 is 2.00 bits per heavy atom. The molecule has 2 aromatic carbocycles. The molecule has 6 nitrogen and oxygen atoms in total. The smallest absolute Gasteiger partial charge is 0.255 e. The number of carbonyl (C=O) groups excluding carboxylic acids is 1. The molecule has 0 atom stereocenters. The highest BCUT2D eigenvalue weighted by Gasteiger charge is 2.16. The van der Waals surface area contributed by atoms with Gasteiger partial charge in [-0.05, 0) is 49.2 Å². The molecule has 132 valence electrons. The Kier molecular flexibility index (Phi) is 4.08. The minimum absolute atomic E-state index is 0.154. The third-order valence-corrected chi connectivity index (χ3v) is 4.39. The Morgan fingerprint density at radius 1 is 1.15 bits per heavy atom. The van der Waals surface area contributed by atoms with Gasteiger partial charge in [0, 0.05) is 6.54 Å². The first-order valence-corrected chi connectivity index (χ1v) is 8.40. The molecule has 0 unspecified atom stereocenters. The number of amides is 1. The second kappa shape index (κ2) is 6.55. The number of nitrogens with one attached hydrogen (secondary N) is 1. The molecule has 1 aromatic heterocycles. The van der Waals surface area contributed by atoms with Crippen molar-refractivity contribution in [2.75, 3.05) is 6.79 Å². The topological polar surface area (TPSA) is 65.4 Å². The zero-order valence-corrected chi connectivity index (χ0v) is 14.7. The van der Waals surface area contributed by atoms with Crippen molar-refractivity contribution in [2.24, 2.45) is 0 Å². The van der Waals surface area contributed by atoms with Gasteiger partial charge in [-0.15, -0.1) is 0 Å². The summed E-state index contributed by atoms with van der Waals surface area (Å²) in [6.45, 7) is 4.57. The lowest BCUT2D eigenvalue weighted by molar-refractivity contribution is 0.0950. The lowest BCUT2D eigenvalue weighted by Crippen LogP contribution is -2.23. The van der Waals surface area contributed by atoms with E-state index in [1.165, 1.54) is 0 Å². The van der Waals surface area contributed by atoms with E-state index in [4.69, 9.17) is 9.47 Å². The van der Waals surface area contributed by atoms with Crippen LogP contribution >= 0.6 is 0 Å². The van der Waals surface area contributed by atoms with E-state index in [1.807, 2.05) is 56.3 Å². The molecule has 0 bridgehead atoms. The van der Waals surface area contributed by atoms with Gasteiger partial charge in [0.15, 0.2) is 11.5 Å². The van der Waals surface area contributed by atoms with Crippen LogP contribution in [0.4, 0.5) is 0 Å². The van der Waals surface area contributed by atoms with Gasteiger partial charge in [0.25, 0.3) is 5.91 Å². The van der Waals surface area contributed by atoms with E-state index < -0.39 is 0 Å². The van der Waals surface area contributed by atoms with Gasteiger partial charge in [-0.1, -0.05) is 18.2 Å². The van der Waals surface area contributed by atoms with Crippen molar-refractivity contribution in [3.8, 4) is 17.2 Å². The number of hydrogen-bond acceptors (Lipinski definition) is 4. The van der Waals surface area contributed by atoms with Crippen LogP contribution in [0.25, 0.3) is 5.69 Å². The number of carbonyl (C=O) groups is 1. The Balaban J connectivity index is 1.49. The molecule has 6 heteroatoms. The van der Waals surface area contributed by atoms with Crippen molar-refractivity contribution in [2.45, 2.75) is 20.4 Å². The van der Waals surface area contributed by atoms with Gasteiger partial charge in [0.2, 0.25) is 6.79 Å². The molecule has 0 saturated heterocycles. The monoisotopic (exact) mass is 349 g/mol. The highest BCUT2D eigenvalue weighted by Crippen LogP contribution is 2.32. The highest BCUT2D eigenvalue weighted by atomic mass is 16.7. The van der Waals surface area contributed by atoms with Crippen LogP contribution in [0, 0.1) is 13.8 Å². The van der Waals surface area contributed by atoms with Crippen LogP contribution in [-0.4, -0.2) is 22.5 Å². The fourth-order valence-electron chi connectivity index (χ4n) is 2.98. The summed E-state index contributed by atoms with van der Waals surface area (Å²) in [4.78, 5) is 12.6. The highest BCUT2D eigenvalue weighted by molar-refractivity contribution is 5.95. The fraction of sp³-hybridized carbons (Fsp3) is 0.200. The largest absolute Gasteiger partial charge is 0.454 e. The predicted molar refractivity (Wildman–Crippen MR) is 96.8 cm³/mol. The number of rotatable bonds is 4. The summed E-state index contributed by atoms with van der Waals surface area (Å²) >= 11 is 0. The van der Waals surface area contributed by atoms with Crippen molar-refractivity contribution in [3.63, 3.8) is 0 Å². The number of hydrogen-bond donors (Lipinski definition) is 1. The first-order chi connectivity index (χ1) is 12.6. The molecule has 0 saturated carbocycles. The van der Waals surface area contributed by atoms with Crippen LogP contribution < -0.4 is 14.8 Å². The van der Waals surface area contributed by atoms with E-state index in [9.17, 15) is 4.79 Å². The standard InChI is InChI=1S/C20H19N3O3/c1-13-4-3-5-16(8-13)23-14(2)17(11-22-23)20(24)21-10-15-6-7-18-19(9-15)26-12-25-18/h3-9,11H,10,12H2,1-2H3,(H,21,24). The maximum Gasteiger partial charge on any atom is 0.255 e. The predicted octanol–water partition coefficient (Wildman–Crippen LogP) is 3.15. The molecule has 0 aliphatic carbocycles. The fourth-order valence-corrected chi connectivity index (χ4v) is 2.98. The van der Waals surface area contributed by atoms with Crippen LogP contribution in [0.3, 0.4) is 0 Å². The van der Waals surface area contributed by atoms with Crippen LogP contribution in [0.15, 0.2) is 48.7 Å². The Labute approximate surface area is 151 Å². The zero-order chi connectivity index (χ0) is 18.1. The van der Waals surface area contributed by atoms with Gasteiger partial charge >= 0.3 is 0 Å². The van der Waals surface area contributed by atoms with E-state index in [0.29, 0.717) is 17.9 Å². The molecule has 0 radical (unpaired) electrons. The molecule has 2 heterocycles. The zero-order valence-electron chi connectivity index (χ0n) is 14.7. The maximum atomic E-state index is 12.6. The minimum atomic E-state index is -0.154. The molecule has 0 spiro atoms. The van der Waals surface area contributed by atoms with Crippen molar-refractivity contribution in [1.29, 1.82) is 0 Å². The number of aryl methyl sites for hydroxylation is 1. The summed E-state index contributed by atoms with van der Waals surface area (Å²) in [5, 5.41) is 7.30. The number of ether oxygens (including phenoxy) is 2. The third kappa shape index (κ3) is 3.01. The summed E-state index contributed by atoms with van der Waals surface area (Å²) in [6.07, 6.45) is 1.60. The average molecular weight is 349 g/mol. The SMILES string of the molecule is Cc1cccc(-n2ncc(C(=O)NCc3ccc4c(c3)OCO4)c2C)c1. The van der Waals surface area contributed by atoms with Gasteiger partial charge in [-0.2, -0.15) is 5.10 Å². The van der Waals surface area contributed by atoms with Crippen molar-refractivity contribution >= 4 is 5.91 Å². The van der Waals surface area contributed by atoms with E-state index >= 15 is 0 Å². The van der Waals surface area contributed by atoms with Crippen molar-refractivity contribution < 1.29 is 14.3 Å². The molecular formula is C20H19N3O3. The lowest BCUT2D eigenvalue weighted by Gasteiger charge is -2.08. The number of fused-ring (bicyclic) bond motifs is 1. The van der Waals surface area contributed by atoms with Gasteiger partial charge in [-0.25, -0.2) is 4.68 Å². The van der Waals surface area contributed by atoms with Gasteiger partial charge in [0.05, 0.1) is 23.1 Å². The Morgan fingerprint density at radius 3 is 2.85 bits per heavy atom. The number of nitrogens with zero attached hydrogens (tertiary/aromatic N) is 2. The van der Waals surface area contributed by atoms with Gasteiger partial charge < -0.3 is 14.8 Å². The molecule has 1 aliphatic heterocycles. The molecule has 4 rings (SSSR count). The first-order valence-electron chi connectivity index (χ1n) is 8.40. The van der Waals surface area contributed by atoms with E-state index in [2.05, 4.69) is 10.4 Å². The summed E-state index contributed by atoms with van der Waals surface area (Å²) in [7, 11) is 0. The maximum absolute atomic E-state index is 12.6. The van der Waals surface area contributed by atoms with Crippen LogP contribution in [0.1, 0.15) is 27.2 Å². The molecule has 0 fully saturated rings. The van der Waals surface area contributed by atoms with Crippen molar-refractivity contribution in [1.82, 2.24) is 15.1 Å². The van der Waals surface area contributed by atoms with E-state index in [1.54, 1.807) is 10.9 Å². The quantitative estimate of drug-likeness (QED) is 0.786. The van der Waals surface area contributed by atoms with E-state index in [-0.39, 0.29) is 12.7 Å². The van der Waals surface area contributed by atoms with Crippen LogP contribution in [-0.2, 0) is 6.54 Å². The number of benzene rings is 2. The molecule has 1 N–H and O–H groups in total. The second-order valence-electron chi connectivity index (χ2n) is 6.26. The summed E-state index contributed by atoms with van der Waals surface area (Å²) in [6, 6.07) is 13.7. The summed E-state index contributed by atoms with van der Waals surface area (Å²) < 4.78 is 12.4. The van der Waals surface area contributed by atoms with E-state index in [0.717, 1.165) is 28.3 Å².